The van der Waals surface area contributed by atoms with Crippen molar-refractivity contribution in [2.75, 3.05) is 19.8 Å². The number of hydrogen-bond acceptors (Lipinski definition) is 3. The lowest BCUT2D eigenvalue weighted by molar-refractivity contribution is -0.138. The quantitative estimate of drug-likeness (QED) is 0.756. The van der Waals surface area contributed by atoms with E-state index < -0.39 is 5.97 Å². The van der Waals surface area contributed by atoms with E-state index in [0.29, 0.717) is 13.2 Å². The fourth-order valence-electron chi connectivity index (χ4n) is 2.15. The normalized spacial score (nSPS) is 19.4. The molecule has 2 unspecified atom stereocenters. The Morgan fingerprint density at radius 1 is 1.40 bits per heavy atom. The lowest BCUT2D eigenvalue weighted by Gasteiger charge is -2.27. The van der Waals surface area contributed by atoms with Crippen LogP contribution < -0.4 is 0 Å². The summed E-state index contributed by atoms with van der Waals surface area (Å²) in [5.41, 5.74) is 0. The number of hydrogen-bond donors (Lipinski definition) is 1. The monoisotopic (exact) mass is 289 g/mol. The molecule has 0 aromatic rings. The Kier molecular flexibility index (Phi) is 16.0. The van der Waals surface area contributed by atoms with Crippen LogP contribution in [-0.4, -0.2) is 47.8 Å². The second kappa shape index (κ2) is 14.8. The molecule has 1 fully saturated rings. The Balaban J connectivity index is 0. The van der Waals surface area contributed by atoms with E-state index in [-0.39, 0.29) is 6.42 Å². The summed E-state index contributed by atoms with van der Waals surface area (Å²) in [6.45, 7) is 15.0. The van der Waals surface area contributed by atoms with Gasteiger partial charge in [0.1, 0.15) is 0 Å². The Morgan fingerprint density at radius 2 is 2.00 bits per heavy atom. The highest BCUT2D eigenvalue weighted by molar-refractivity contribution is 5.66. The van der Waals surface area contributed by atoms with E-state index in [9.17, 15) is 4.79 Å². The fourth-order valence-corrected chi connectivity index (χ4v) is 2.15. The van der Waals surface area contributed by atoms with Gasteiger partial charge in [-0.25, -0.2) is 0 Å². The molecule has 1 N–H and O–H groups in total. The summed E-state index contributed by atoms with van der Waals surface area (Å²) in [6.07, 6.45) is 4.22. The van der Waals surface area contributed by atoms with Gasteiger partial charge in [0, 0.05) is 18.7 Å². The molecule has 0 spiro atoms. The largest absolute Gasteiger partial charge is 0.481 e. The van der Waals surface area contributed by atoms with Crippen molar-refractivity contribution < 1.29 is 14.6 Å². The molecule has 0 bridgehead atoms. The van der Waals surface area contributed by atoms with Crippen LogP contribution in [0.4, 0.5) is 0 Å². The zero-order valence-electron chi connectivity index (χ0n) is 14.3. The van der Waals surface area contributed by atoms with Crippen molar-refractivity contribution >= 4 is 5.97 Å². The minimum absolute atomic E-state index is 0.105. The van der Waals surface area contributed by atoms with Crippen LogP contribution in [0.25, 0.3) is 0 Å². The summed E-state index contributed by atoms with van der Waals surface area (Å²) in [6, 6.07) is 1.65. The highest BCUT2D eigenvalue weighted by Crippen LogP contribution is 2.20. The molecule has 0 radical (unpaired) electrons. The number of likely N-dealkylation sites (tertiary alicyclic amines) is 1. The fraction of sp³-hybridized carbons (Fsp3) is 0.938. The molecule has 122 valence electrons. The van der Waals surface area contributed by atoms with Crippen LogP contribution in [0.2, 0.25) is 0 Å². The zero-order valence-corrected chi connectivity index (χ0v) is 14.3. The van der Waals surface area contributed by atoms with Gasteiger partial charge < -0.3 is 9.84 Å². The van der Waals surface area contributed by atoms with Gasteiger partial charge in [0.25, 0.3) is 0 Å². The summed E-state index contributed by atoms with van der Waals surface area (Å²) < 4.78 is 4.76. The summed E-state index contributed by atoms with van der Waals surface area (Å²) in [4.78, 5) is 12.4. The standard InChI is InChI=1S/C9H19N.C5H10O3.C2H6/c1-4-8(2)10-7-5-6-9(10)3;1-2-8-4-3-5(6)7;1-2/h8-9H,4-7H2,1-3H3;2-4H2,1H3,(H,6,7);1-2H3. The van der Waals surface area contributed by atoms with Crippen LogP contribution in [-0.2, 0) is 9.53 Å². The Labute approximate surface area is 125 Å². The molecule has 0 aromatic carbocycles. The van der Waals surface area contributed by atoms with Crippen LogP contribution in [0.1, 0.15) is 67.2 Å². The Hall–Kier alpha value is -0.610. The molecule has 2 atom stereocenters. The third-order valence-electron chi connectivity index (χ3n) is 3.43. The first-order chi connectivity index (χ1) is 9.52. The van der Waals surface area contributed by atoms with Crippen LogP contribution in [0.15, 0.2) is 0 Å². The highest BCUT2D eigenvalue weighted by Gasteiger charge is 2.23. The van der Waals surface area contributed by atoms with Gasteiger partial charge >= 0.3 is 5.97 Å². The molecule has 4 heteroatoms. The smallest absolute Gasteiger partial charge is 0.305 e. The molecule has 0 aromatic heterocycles. The summed E-state index contributed by atoms with van der Waals surface area (Å²) >= 11 is 0. The van der Waals surface area contributed by atoms with E-state index in [4.69, 9.17) is 9.84 Å². The van der Waals surface area contributed by atoms with E-state index in [1.165, 1.54) is 25.8 Å². The number of nitrogens with zero attached hydrogens (tertiary/aromatic N) is 1. The van der Waals surface area contributed by atoms with Crippen LogP contribution in [0, 0.1) is 0 Å². The first-order valence-electron chi connectivity index (χ1n) is 8.08. The van der Waals surface area contributed by atoms with Crippen molar-refractivity contribution in [2.24, 2.45) is 0 Å². The van der Waals surface area contributed by atoms with Crippen molar-refractivity contribution in [1.29, 1.82) is 0 Å². The summed E-state index contributed by atoms with van der Waals surface area (Å²) in [5.74, 6) is -0.807. The Morgan fingerprint density at radius 3 is 2.35 bits per heavy atom. The first kappa shape index (κ1) is 21.7. The van der Waals surface area contributed by atoms with Crippen molar-refractivity contribution in [2.45, 2.75) is 79.3 Å². The van der Waals surface area contributed by atoms with Gasteiger partial charge in [0.2, 0.25) is 0 Å². The number of aliphatic carboxylic acids is 1. The Bertz CT molecular complexity index is 222. The second-order valence-electron chi connectivity index (χ2n) is 4.83. The number of ether oxygens (including phenoxy) is 1. The van der Waals surface area contributed by atoms with Crippen LogP contribution in [0.5, 0.6) is 0 Å². The lowest BCUT2D eigenvalue weighted by Crippen LogP contribution is -2.34. The first-order valence-corrected chi connectivity index (χ1v) is 8.08. The zero-order chi connectivity index (χ0) is 16.0. The minimum atomic E-state index is -0.807. The molecule has 1 heterocycles. The van der Waals surface area contributed by atoms with Crippen molar-refractivity contribution in [3.8, 4) is 0 Å². The van der Waals surface area contributed by atoms with E-state index >= 15 is 0 Å². The lowest BCUT2D eigenvalue weighted by atomic mass is 10.2. The van der Waals surface area contributed by atoms with Crippen LogP contribution in [0.3, 0.4) is 0 Å². The van der Waals surface area contributed by atoms with Crippen molar-refractivity contribution in [3.05, 3.63) is 0 Å². The maximum Gasteiger partial charge on any atom is 0.305 e. The average molecular weight is 289 g/mol. The van der Waals surface area contributed by atoms with Gasteiger partial charge in [-0.1, -0.05) is 20.8 Å². The third-order valence-corrected chi connectivity index (χ3v) is 3.43. The van der Waals surface area contributed by atoms with E-state index in [1.54, 1.807) is 0 Å². The summed E-state index contributed by atoms with van der Waals surface area (Å²) in [7, 11) is 0. The molecule has 1 aliphatic heterocycles. The molecular weight excluding hydrogens is 254 g/mol. The maximum atomic E-state index is 9.79. The van der Waals surface area contributed by atoms with Crippen molar-refractivity contribution in [3.63, 3.8) is 0 Å². The van der Waals surface area contributed by atoms with Crippen molar-refractivity contribution in [1.82, 2.24) is 4.90 Å². The summed E-state index contributed by atoms with van der Waals surface area (Å²) in [5, 5.41) is 8.06. The maximum absolute atomic E-state index is 9.79. The molecule has 0 saturated carbocycles. The molecular formula is C16H35NO3. The third kappa shape index (κ3) is 11.2. The van der Waals surface area contributed by atoms with Gasteiger partial charge in [-0.15, -0.1) is 0 Å². The molecule has 1 rings (SSSR count). The number of carboxylic acid groups (broad SMARTS) is 1. The van der Waals surface area contributed by atoms with E-state index in [2.05, 4.69) is 25.7 Å². The van der Waals surface area contributed by atoms with Gasteiger partial charge in [0.05, 0.1) is 13.0 Å². The molecule has 0 amide bonds. The van der Waals surface area contributed by atoms with Gasteiger partial charge in [0.15, 0.2) is 0 Å². The van der Waals surface area contributed by atoms with Gasteiger partial charge in [-0.2, -0.15) is 0 Å². The SMILES string of the molecule is CC.CCC(C)N1CCCC1C.CCOCCC(=O)O. The molecule has 1 saturated heterocycles. The predicted molar refractivity (Wildman–Crippen MR) is 85.2 cm³/mol. The number of rotatable bonds is 6. The average Bonchev–Trinajstić information content (AvgIpc) is 2.87. The molecule has 0 aliphatic carbocycles. The minimum Gasteiger partial charge on any atom is -0.481 e. The van der Waals surface area contributed by atoms with E-state index in [0.717, 1.165) is 12.1 Å². The number of carboxylic acids is 1. The topological polar surface area (TPSA) is 49.8 Å². The highest BCUT2D eigenvalue weighted by atomic mass is 16.5. The second-order valence-corrected chi connectivity index (χ2v) is 4.83. The molecule has 4 nitrogen and oxygen atoms in total. The van der Waals surface area contributed by atoms with Crippen LogP contribution >= 0.6 is 0 Å². The van der Waals surface area contributed by atoms with Gasteiger partial charge in [-0.05, 0) is 46.6 Å². The number of carbonyl (C=O) groups is 1. The van der Waals surface area contributed by atoms with E-state index in [1.807, 2.05) is 20.8 Å². The predicted octanol–water partition coefficient (Wildman–Crippen LogP) is 3.79. The molecule has 1 aliphatic rings. The van der Waals surface area contributed by atoms with Gasteiger partial charge in [-0.3, -0.25) is 9.69 Å². The molecule has 20 heavy (non-hydrogen) atoms.